The molecule has 5 rings (SSSR count). The molecule has 4 aromatic carbocycles. The van der Waals surface area contributed by atoms with Crippen LogP contribution >= 0.6 is 0 Å². The molecule has 138 valence electrons. The van der Waals surface area contributed by atoms with E-state index in [9.17, 15) is 4.79 Å². The Balaban J connectivity index is 1.56. The Labute approximate surface area is 169 Å². The average Bonchev–Trinajstić information content (AvgIpc) is 2.78. The number of benzene rings is 4. The lowest BCUT2D eigenvalue weighted by molar-refractivity contribution is -0.683. The Hall–Kier alpha value is -3.78. The highest BCUT2D eigenvalue weighted by molar-refractivity contribution is 6.12. The molecular weight excluding hydrogens is 354 g/mol. The van der Waals surface area contributed by atoms with E-state index in [1.165, 1.54) is 27.1 Å². The first-order chi connectivity index (χ1) is 14.3. The number of hydrogen-bond acceptors (Lipinski definition) is 1. The second-order valence-corrected chi connectivity index (χ2v) is 7.24. The summed E-state index contributed by atoms with van der Waals surface area (Å²) in [5.74, 6) is 0.110. The fourth-order valence-corrected chi connectivity index (χ4v) is 3.94. The van der Waals surface area contributed by atoms with E-state index in [-0.39, 0.29) is 5.78 Å². The highest BCUT2D eigenvalue weighted by atomic mass is 16.1. The van der Waals surface area contributed by atoms with E-state index in [1.807, 2.05) is 47.3 Å². The molecule has 0 saturated carbocycles. The van der Waals surface area contributed by atoms with Gasteiger partial charge in [0.1, 0.15) is 0 Å². The molecule has 2 nitrogen and oxygen atoms in total. The van der Waals surface area contributed by atoms with E-state index in [0.29, 0.717) is 6.54 Å². The molecule has 0 aliphatic heterocycles. The SMILES string of the molecule is O=C(C[n+]1ccc(-c2c3ccccc3cc3ccccc23)cc1)c1ccccc1. The van der Waals surface area contributed by atoms with E-state index < -0.39 is 0 Å². The first-order valence-corrected chi connectivity index (χ1v) is 9.78. The highest BCUT2D eigenvalue weighted by Gasteiger charge is 2.14. The van der Waals surface area contributed by atoms with Crippen LogP contribution in [0.1, 0.15) is 10.4 Å². The molecule has 29 heavy (non-hydrogen) atoms. The summed E-state index contributed by atoms with van der Waals surface area (Å²) in [6, 6.07) is 32.9. The van der Waals surface area contributed by atoms with Gasteiger partial charge in [-0.05, 0) is 38.7 Å². The van der Waals surface area contributed by atoms with Gasteiger partial charge in [0.05, 0.1) is 0 Å². The number of hydrogen-bond donors (Lipinski definition) is 0. The number of carbonyl (C=O) groups excluding carboxylic acids is 1. The maximum atomic E-state index is 12.5. The molecule has 0 radical (unpaired) electrons. The second kappa shape index (κ2) is 7.33. The summed E-state index contributed by atoms with van der Waals surface area (Å²) in [6.07, 6.45) is 3.99. The standard InChI is InChI=1S/C27H20NO/c29-26(20-8-2-1-3-9-20)19-28-16-14-21(15-17-28)27-24-12-6-4-10-22(24)18-23-11-5-7-13-25(23)27/h1-18H,19H2/q+1. The lowest BCUT2D eigenvalue weighted by atomic mass is 9.92. The zero-order valence-corrected chi connectivity index (χ0v) is 16.0. The molecule has 1 heterocycles. The van der Waals surface area contributed by atoms with Crippen LogP contribution in [0.3, 0.4) is 0 Å². The van der Waals surface area contributed by atoms with Crippen LogP contribution in [0.2, 0.25) is 0 Å². The molecule has 0 spiro atoms. The van der Waals surface area contributed by atoms with Crippen LogP contribution in [0.25, 0.3) is 32.7 Å². The lowest BCUT2D eigenvalue weighted by Gasteiger charge is -2.11. The van der Waals surface area contributed by atoms with Crippen molar-refractivity contribution < 1.29 is 9.36 Å². The van der Waals surface area contributed by atoms with Gasteiger partial charge in [0.15, 0.2) is 12.4 Å². The zero-order valence-electron chi connectivity index (χ0n) is 16.0. The summed E-state index contributed by atoms with van der Waals surface area (Å²) in [7, 11) is 0. The molecule has 0 aliphatic carbocycles. The number of carbonyl (C=O) groups is 1. The second-order valence-electron chi connectivity index (χ2n) is 7.24. The Morgan fingerprint density at radius 2 is 1.21 bits per heavy atom. The lowest BCUT2D eigenvalue weighted by Crippen LogP contribution is -2.37. The van der Waals surface area contributed by atoms with Crippen LogP contribution in [-0.2, 0) is 6.54 Å². The Kier molecular flexibility index (Phi) is 4.38. The van der Waals surface area contributed by atoms with Crippen LogP contribution < -0.4 is 4.57 Å². The van der Waals surface area contributed by atoms with Crippen LogP contribution in [0.5, 0.6) is 0 Å². The van der Waals surface area contributed by atoms with Crippen molar-refractivity contribution in [2.75, 3.05) is 0 Å². The summed E-state index contributed by atoms with van der Waals surface area (Å²) in [6.45, 7) is 0.334. The van der Waals surface area contributed by atoms with Gasteiger partial charge < -0.3 is 0 Å². The van der Waals surface area contributed by atoms with Gasteiger partial charge in [0, 0.05) is 17.7 Å². The van der Waals surface area contributed by atoms with Crippen molar-refractivity contribution in [3.05, 3.63) is 115 Å². The van der Waals surface area contributed by atoms with E-state index in [4.69, 9.17) is 0 Å². The third-order valence-corrected chi connectivity index (χ3v) is 5.37. The highest BCUT2D eigenvalue weighted by Crippen LogP contribution is 2.35. The predicted molar refractivity (Wildman–Crippen MR) is 118 cm³/mol. The van der Waals surface area contributed by atoms with E-state index in [0.717, 1.165) is 11.1 Å². The maximum Gasteiger partial charge on any atom is 0.227 e. The molecule has 5 aromatic rings. The monoisotopic (exact) mass is 374 g/mol. The van der Waals surface area contributed by atoms with Gasteiger partial charge in [0.25, 0.3) is 0 Å². The Morgan fingerprint density at radius 1 is 0.655 bits per heavy atom. The summed E-state index contributed by atoms with van der Waals surface area (Å²) in [5, 5.41) is 4.95. The zero-order chi connectivity index (χ0) is 19.6. The van der Waals surface area contributed by atoms with Crippen LogP contribution in [0.4, 0.5) is 0 Å². The quantitative estimate of drug-likeness (QED) is 0.220. The van der Waals surface area contributed by atoms with Gasteiger partial charge in [-0.2, -0.15) is 4.57 Å². The van der Waals surface area contributed by atoms with Gasteiger partial charge in [-0.3, -0.25) is 4.79 Å². The number of nitrogens with zero attached hydrogens (tertiary/aromatic N) is 1. The van der Waals surface area contributed by atoms with Crippen molar-refractivity contribution >= 4 is 27.3 Å². The fourth-order valence-electron chi connectivity index (χ4n) is 3.94. The molecule has 0 bridgehead atoms. The van der Waals surface area contributed by atoms with Gasteiger partial charge in [-0.25, -0.2) is 0 Å². The number of rotatable bonds is 4. The number of ketones is 1. The molecule has 0 aliphatic rings. The van der Waals surface area contributed by atoms with Gasteiger partial charge in [-0.15, -0.1) is 0 Å². The van der Waals surface area contributed by atoms with Crippen molar-refractivity contribution in [3.63, 3.8) is 0 Å². The molecule has 0 N–H and O–H groups in total. The van der Waals surface area contributed by atoms with Crippen molar-refractivity contribution in [2.24, 2.45) is 0 Å². The number of Topliss-reactive ketones (excluding diaryl/α,β-unsaturated/α-hetero) is 1. The Bertz CT molecular complexity index is 1270. The smallest absolute Gasteiger partial charge is 0.227 e. The van der Waals surface area contributed by atoms with E-state index in [1.54, 1.807) is 0 Å². The van der Waals surface area contributed by atoms with Gasteiger partial charge in [0.2, 0.25) is 12.3 Å². The number of pyridine rings is 1. The predicted octanol–water partition coefficient (Wildman–Crippen LogP) is 5.83. The largest absolute Gasteiger partial charge is 0.287 e. The van der Waals surface area contributed by atoms with E-state index in [2.05, 4.69) is 66.7 Å². The normalized spacial score (nSPS) is 11.0. The Morgan fingerprint density at radius 3 is 1.83 bits per heavy atom. The van der Waals surface area contributed by atoms with Crippen LogP contribution in [0, 0.1) is 0 Å². The summed E-state index contributed by atoms with van der Waals surface area (Å²) in [5.41, 5.74) is 3.13. The molecule has 1 aromatic heterocycles. The molecule has 2 heteroatoms. The molecule has 0 unspecified atom stereocenters. The van der Waals surface area contributed by atoms with Crippen molar-refractivity contribution in [1.82, 2.24) is 0 Å². The fraction of sp³-hybridized carbons (Fsp3) is 0.0370. The van der Waals surface area contributed by atoms with Crippen molar-refractivity contribution in [2.45, 2.75) is 6.54 Å². The first-order valence-electron chi connectivity index (χ1n) is 9.78. The molecule has 0 saturated heterocycles. The van der Waals surface area contributed by atoms with Gasteiger partial charge in [-0.1, -0.05) is 78.9 Å². The van der Waals surface area contributed by atoms with Gasteiger partial charge >= 0.3 is 0 Å². The topological polar surface area (TPSA) is 20.9 Å². The minimum absolute atomic E-state index is 0.110. The third kappa shape index (κ3) is 3.30. The minimum atomic E-state index is 0.110. The average molecular weight is 374 g/mol. The van der Waals surface area contributed by atoms with Crippen LogP contribution in [-0.4, -0.2) is 5.78 Å². The van der Waals surface area contributed by atoms with Crippen molar-refractivity contribution in [3.8, 4) is 11.1 Å². The molecule has 0 amide bonds. The van der Waals surface area contributed by atoms with Crippen molar-refractivity contribution in [1.29, 1.82) is 0 Å². The minimum Gasteiger partial charge on any atom is -0.287 e. The number of aromatic nitrogens is 1. The molecular formula is C27H20NO+. The molecule has 0 fully saturated rings. The first kappa shape index (κ1) is 17.3. The summed E-state index contributed by atoms with van der Waals surface area (Å²) < 4.78 is 1.94. The third-order valence-electron chi connectivity index (χ3n) is 5.37. The van der Waals surface area contributed by atoms with Crippen LogP contribution in [0.15, 0.2) is 109 Å². The van der Waals surface area contributed by atoms with E-state index >= 15 is 0 Å². The summed E-state index contributed by atoms with van der Waals surface area (Å²) >= 11 is 0. The summed E-state index contributed by atoms with van der Waals surface area (Å²) in [4.78, 5) is 12.5. The molecule has 0 atom stereocenters. The number of fused-ring (bicyclic) bond motifs is 2. The maximum absolute atomic E-state index is 12.5.